The average Bonchev–Trinajstić information content (AvgIpc) is 3.12. The number of hydrogen-bond donors (Lipinski definition) is 2. The predicted molar refractivity (Wildman–Crippen MR) is 91.1 cm³/mol. The van der Waals surface area contributed by atoms with Gasteiger partial charge in [-0.3, -0.25) is 9.48 Å². The maximum absolute atomic E-state index is 12.2. The molecule has 2 heterocycles. The fraction of sp³-hybridized carbons (Fsp3) is 0.467. The van der Waals surface area contributed by atoms with Crippen LogP contribution in [0.4, 0.5) is 0 Å². The second-order valence-corrected chi connectivity index (χ2v) is 5.63. The molecule has 1 atom stereocenters. The summed E-state index contributed by atoms with van der Waals surface area (Å²) in [7, 11) is 0. The number of carbonyl (C=O) groups is 2. The highest BCUT2D eigenvalue weighted by Gasteiger charge is 2.22. The summed E-state index contributed by atoms with van der Waals surface area (Å²) in [6, 6.07) is 2.75. The number of amides is 1. The van der Waals surface area contributed by atoms with E-state index in [-0.39, 0.29) is 18.1 Å². The fourth-order valence-corrected chi connectivity index (χ4v) is 2.41. The van der Waals surface area contributed by atoms with E-state index >= 15 is 0 Å². The molecule has 2 aromatic heterocycles. The summed E-state index contributed by atoms with van der Waals surface area (Å²) >= 11 is 4.07. The lowest BCUT2D eigenvalue weighted by Crippen LogP contribution is -2.43. The molecule has 8 nitrogen and oxygen atoms in total. The summed E-state index contributed by atoms with van der Waals surface area (Å²) in [5, 5.41) is 11.1. The first-order valence-corrected chi connectivity index (χ1v) is 8.20. The molecule has 0 aliphatic rings. The summed E-state index contributed by atoms with van der Waals surface area (Å²) in [6.45, 7) is 6.22. The van der Waals surface area contributed by atoms with Gasteiger partial charge in [-0.2, -0.15) is 22.8 Å². The van der Waals surface area contributed by atoms with Crippen molar-refractivity contribution < 1.29 is 14.3 Å². The number of nitrogens with zero attached hydrogens (tertiary/aromatic N) is 4. The van der Waals surface area contributed by atoms with Gasteiger partial charge in [-0.25, -0.2) is 9.48 Å². The zero-order valence-corrected chi connectivity index (χ0v) is 14.8. The summed E-state index contributed by atoms with van der Waals surface area (Å²) in [4.78, 5) is 23.9. The zero-order chi connectivity index (χ0) is 17.7. The van der Waals surface area contributed by atoms with Crippen LogP contribution in [0.3, 0.4) is 0 Å². The fourth-order valence-electron chi connectivity index (χ4n) is 2.17. The van der Waals surface area contributed by atoms with Crippen molar-refractivity contribution in [1.82, 2.24) is 24.9 Å². The maximum Gasteiger partial charge on any atom is 0.329 e. The van der Waals surface area contributed by atoms with Gasteiger partial charge in [-0.1, -0.05) is 0 Å². The summed E-state index contributed by atoms with van der Waals surface area (Å²) in [6.07, 6.45) is 1.69. The zero-order valence-electron chi connectivity index (χ0n) is 13.9. The normalized spacial score (nSPS) is 12.0. The molecular formula is C15H21N5O3S. The lowest BCUT2D eigenvalue weighted by molar-refractivity contribution is -0.144. The van der Waals surface area contributed by atoms with Gasteiger partial charge >= 0.3 is 5.97 Å². The molecule has 0 fully saturated rings. The number of aromatic nitrogens is 4. The minimum atomic E-state index is -0.804. The Morgan fingerprint density at radius 3 is 2.71 bits per heavy atom. The number of esters is 1. The van der Waals surface area contributed by atoms with Crippen LogP contribution in [0.25, 0.3) is 0 Å². The largest absolute Gasteiger partial charge is 0.464 e. The molecule has 0 unspecified atom stereocenters. The highest BCUT2D eigenvalue weighted by molar-refractivity contribution is 7.80. The van der Waals surface area contributed by atoms with Crippen LogP contribution in [-0.4, -0.2) is 49.8 Å². The molecule has 0 aliphatic heterocycles. The van der Waals surface area contributed by atoms with Crippen molar-refractivity contribution in [3.05, 3.63) is 35.4 Å². The number of rotatable bonds is 7. The lowest BCUT2D eigenvalue weighted by Gasteiger charge is -2.14. The summed E-state index contributed by atoms with van der Waals surface area (Å²) in [5.74, 6) is -0.811. The third kappa shape index (κ3) is 4.38. The maximum atomic E-state index is 12.2. The van der Waals surface area contributed by atoms with E-state index in [1.54, 1.807) is 28.6 Å². The highest BCUT2D eigenvalue weighted by atomic mass is 32.1. The van der Waals surface area contributed by atoms with Gasteiger partial charge in [0.1, 0.15) is 18.4 Å². The first kappa shape index (κ1) is 18.1. The first-order valence-electron chi connectivity index (χ1n) is 7.57. The van der Waals surface area contributed by atoms with E-state index in [1.165, 1.54) is 0 Å². The van der Waals surface area contributed by atoms with Gasteiger partial charge in [0.05, 0.1) is 12.3 Å². The van der Waals surface area contributed by atoms with E-state index < -0.39 is 17.9 Å². The second kappa shape index (κ2) is 8.00. The van der Waals surface area contributed by atoms with Crippen molar-refractivity contribution in [2.24, 2.45) is 0 Å². The molecule has 2 aromatic rings. The van der Waals surface area contributed by atoms with Gasteiger partial charge in [-0.05, 0) is 32.9 Å². The number of thiol groups is 1. The van der Waals surface area contributed by atoms with Crippen LogP contribution in [0.1, 0.15) is 28.8 Å². The first-order chi connectivity index (χ1) is 11.4. The average molecular weight is 351 g/mol. The molecule has 0 aromatic carbocycles. The van der Waals surface area contributed by atoms with E-state index in [0.29, 0.717) is 6.67 Å². The van der Waals surface area contributed by atoms with Crippen LogP contribution < -0.4 is 5.32 Å². The lowest BCUT2D eigenvalue weighted by atomic mass is 10.3. The van der Waals surface area contributed by atoms with Crippen molar-refractivity contribution in [1.29, 1.82) is 0 Å². The van der Waals surface area contributed by atoms with Gasteiger partial charge in [0.15, 0.2) is 0 Å². The molecule has 0 bridgehead atoms. The second-order valence-electron chi connectivity index (χ2n) is 5.27. The van der Waals surface area contributed by atoms with E-state index in [0.717, 1.165) is 11.4 Å². The number of ether oxygens (including phenoxy) is 1. The number of aryl methyl sites for hydroxylation is 2. The molecule has 1 amide bonds. The summed E-state index contributed by atoms with van der Waals surface area (Å²) < 4.78 is 8.29. The Morgan fingerprint density at radius 2 is 2.12 bits per heavy atom. The van der Waals surface area contributed by atoms with Crippen LogP contribution in [0, 0.1) is 13.8 Å². The SMILES string of the molecule is CCOC(=O)[C@H](CS)NC(=O)c1ccn(Cn2nc(C)cc2C)n1. The van der Waals surface area contributed by atoms with Crippen molar-refractivity contribution in [3.8, 4) is 0 Å². The van der Waals surface area contributed by atoms with Gasteiger partial charge in [0.25, 0.3) is 5.91 Å². The molecule has 130 valence electrons. The van der Waals surface area contributed by atoms with Crippen LogP contribution >= 0.6 is 12.6 Å². The molecule has 0 radical (unpaired) electrons. The Labute approximate surface area is 145 Å². The smallest absolute Gasteiger partial charge is 0.329 e. The molecule has 1 N–H and O–H groups in total. The molecular weight excluding hydrogens is 330 g/mol. The highest BCUT2D eigenvalue weighted by Crippen LogP contribution is 2.04. The molecule has 0 saturated carbocycles. The van der Waals surface area contributed by atoms with Gasteiger partial charge in [-0.15, -0.1) is 0 Å². The minimum absolute atomic E-state index is 0.150. The predicted octanol–water partition coefficient (Wildman–Crippen LogP) is 0.794. The Bertz CT molecular complexity index is 725. The Kier molecular flexibility index (Phi) is 6.02. The van der Waals surface area contributed by atoms with Gasteiger partial charge in [0.2, 0.25) is 0 Å². The van der Waals surface area contributed by atoms with Crippen molar-refractivity contribution >= 4 is 24.5 Å². The van der Waals surface area contributed by atoms with Crippen LogP contribution in [-0.2, 0) is 16.2 Å². The van der Waals surface area contributed by atoms with E-state index in [9.17, 15) is 9.59 Å². The topological polar surface area (TPSA) is 91.0 Å². The van der Waals surface area contributed by atoms with Crippen LogP contribution in [0.2, 0.25) is 0 Å². The monoisotopic (exact) mass is 351 g/mol. The Hall–Kier alpha value is -2.29. The van der Waals surface area contributed by atoms with Gasteiger partial charge in [0, 0.05) is 17.6 Å². The minimum Gasteiger partial charge on any atom is -0.464 e. The third-order valence-corrected chi connectivity index (χ3v) is 3.68. The third-order valence-electron chi connectivity index (χ3n) is 3.31. The standard InChI is InChI=1S/C15H21N5O3S/c1-4-23-15(22)13(8-24)16-14(21)12-5-6-19(18-12)9-20-11(3)7-10(2)17-20/h5-7,13,24H,4,8-9H2,1-3H3,(H,16,21)/t13-/m0/s1. The molecule has 24 heavy (non-hydrogen) atoms. The number of hydrogen-bond acceptors (Lipinski definition) is 6. The van der Waals surface area contributed by atoms with E-state index in [1.807, 2.05) is 19.9 Å². The Morgan fingerprint density at radius 1 is 1.38 bits per heavy atom. The Balaban J connectivity index is 2.02. The van der Waals surface area contributed by atoms with Crippen LogP contribution in [0.15, 0.2) is 18.3 Å². The number of nitrogens with one attached hydrogen (secondary N) is 1. The van der Waals surface area contributed by atoms with E-state index in [2.05, 4.69) is 28.1 Å². The number of carbonyl (C=O) groups excluding carboxylic acids is 2. The molecule has 2 rings (SSSR count). The van der Waals surface area contributed by atoms with Gasteiger partial charge < -0.3 is 10.1 Å². The van der Waals surface area contributed by atoms with Crippen molar-refractivity contribution in [3.63, 3.8) is 0 Å². The van der Waals surface area contributed by atoms with Crippen LogP contribution in [0.5, 0.6) is 0 Å². The van der Waals surface area contributed by atoms with Crippen molar-refractivity contribution in [2.45, 2.75) is 33.5 Å². The summed E-state index contributed by atoms with van der Waals surface area (Å²) in [5.41, 5.74) is 2.14. The molecule has 0 saturated heterocycles. The molecule has 0 aliphatic carbocycles. The van der Waals surface area contributed by atoms with E-state index in [4.69, 9.17) is 4.74 Å². The molecule has 9 heteroatoms. The molecule has 0 spiro atoms. The van der Waals surface area contributed by atoms with Crippen molar-refractivity contribution in [2.75, 3.05) is 12.4 Å². The quantitative estimate of drug-likeness (QED) is 0.569.